The summed E-state index contributed by atoms with van der Waals surface area (Å²) >= 11 is 0. The van der Waals surface area contributed by atoms with Gasteiger partial charge in [-0.1, -0.05) is 133 Å². The first-order valence-corrected chi connectivity index (χ1v) is 12.0. The second-order valence-electron chi connectivity index (χ2n) is 14.1. The third kappa shape index (κ3) is 5.44. The van der Waals surface area contributed by atoms with Crippen molar-refractivity contribution in [1.29, 1.82) is 0 Å². The minimum Gasteiger partial charge on any atom is -0.0579 e. The second kappa shape index (κ2) is 7.79. The lowest BCUT2D eigenvalue weighted by Crippen LogP contribution is -2.27. The van der Waals surface area contributed by atoms with Crippen molar-refractivity contribution in [2.75, 3.05) is 0 Å². The molecule has 0 heteroatoms. The fourth-order valence-electron chi connectivity index (χ4n) is 4.58. The predicted molar refractivity (Wildman–Crippen MR) is 140 cm³/mol. The predicted octanol–water partition coefficient (Wildman–Crippen LogP) is 9.20. The van der Waals surface area contributed by atoms with Crippen LogP contribution in [0.25, 0.3) is 0 Å². The quantitative estimate of drug-likeness (QED) is 0.454. The first-order valence-electron chi connectivity index (χ1n) is 12.0. The van der Waals surface area contributed by atoms with E-state index in [0.29, 0.717) is 0 Å². The van der Waals surface area contributed by atoms with Crippen molar-refractivity contribution in [3.63, 3.8) is 0 Å². The van der Waals surface area contributed by atoms with Gasteiger partial charge in [0, 0.05) is 5.41 Å². The molecule has 0 N–H and O–H groups in total. The average molecular weight is 421 g/mol. The highest BCUT2D eigenvalue weighted by molar-refractivity contribution is 5.49. The minimum atomic E-state index is -0.0627. The molecular weight excluding hydrogens is 372 g/mol. The van der Waals surface area contributed by atoms with E-state index in [2.05, 4.69) is 133 Å². The molecule has 0 aliphatic carbocycles. The Morgan fingerprint density at radius 2 is 0.613 bits per heavy atom. The van der Waals surface area contributed by atoms with Crippen molar-refractivity contribution in [2.24, 2.45) is 0 Å². The Morgan fingerprint density at radius 1 is 0.355 bits per heavy atom. The van der Waals surface area contributed by atoms with Gasteiger partial charge in [-0.3, -0.25) is 0 Å². The molecule has 0 aromatic heterocycles. The van der Waals surface area contributed by atoms with E-state index in [-0.39, 0.29) is 27.1 Å². The van der Waals surface area contributed by atoms with Gasteiger partial charge in [-0.2, -0.15) is 0 Å². The van der Waals surface area contributed by atoms with E-state index in [1.807, 2.05) is 0 Å². The van der Waals surface area contributed by atoms with Crippen molar-refractivity contribution in [3.05, 3.63) is 69.8 Å². The molecular formula is C31H48. The van der Waals surface area contributed by atoms with Gasteiger partial charge in [0.05, 0.1) is 0 Å². The molecule has 0 aliphatic rings. The summed E-state index contributed by atoms with van der Waals surface area (Å²) in [6.07, 6.45) is 0. The zero-order chi connectivity index (χ0) is 24.2. The summed E-state index contributed by atoms with van der Waals surface area (Å²) in [5.41, 5.74) is 9.08. The molecule has 0 bridgehead atoms. The largest absolute Gasteiger partial charge is 0.0579 e. The summed E-state index contributed by atoms with van der Waals surface area (Å²) in [6, 6.07) is 14.5. The summed E-state index contributed by atoms with van der Waals surface area (Å²) in [4.78, 5) is 0. The summed E-state index contributed by atoms with van der Waals surface area (Å²) < 4.78 is 0. The number of rotatable bonds is 2. The number of hydrogen-bond donors (Lipinski definition) is 0. The molecule has 2 aromatic rings. The maximum atomic E-state index is 2.48. The molecule has 0 saturated carbocycles. The van der Waals surface area contributed by atoms with Gasteiger partial charge in [0.25, 0.3) is 0 Å². The van der Waals surface area contributed by atoms with E-state index in [4.69, 9.17) is 0 Å². The highest BCUT2D eigenvalue weighted by Gasteiger charge is 2.32. The Morgan fingerprint density at radius 3 is 0.839 bits per heavy atom. The van der Waals surface area contributed by atoms with Gasteiger partial charge in [-0.05, 0) is 55.0 Å². The number of hydrogen-bond acceptors (Lipinski definition) is 0. The topological polar surface area (TPSA) is 0 Å². The van der Waals surface area contributed by atoms with Gasteiger partial charge in [-0.15, -0.1) is 0 Å². The lowest BCUT2D eigenvalue weighted by Gasteiger charge is -2.36. The first kappa shape index (κ1) is 25.7. The van der Waals surface area contributed by atoms with Crippen LogP contribution < -0.4 is 0 Å². The van der Waals surface area contributed by atoms with Crippen molar-refractivity contribution < 1.29 is 0 Å². The van der Waals surface area contributed by atoms with Crippen LogP contribution in [-0.2, 0) is 27.1 Å². The van der Waals surface area contributed by atoms with Crippen LogP contribution in [0.15, 0.2) is 36.4 Å². The van der Waals surface area contributed by atoms with Crippen LogP contribution in [0.1, 0.15) is 130 Å². The highest BCUT2D eigenvalue weighted by atomic mass is 14.4. The fourth-order valence-corrected chi connectivity index (χ4v) is 4.58. The standard InChI is InChI=1S/C31H48/c1-27(2,3)23-17-15-21(19-25(23)29(7,8)9)31(13,14)22-16-18-24(28(4,5)6)26(20-22)30(10,11)12/h15-20H,1-14H3. The Hall–Kier alpha value is -1.56. The van der Waals surface area contributed by atoms with Crippen LogP contribution in [-0.4, -0.2) is 0 Å². The number of benzene rings is 2. The zero-order valence-electron chi connectivity index (χ0n) is 23.0. The van der Waals surface area contributed by atoms with Crippen molar-refractivity contribution >= 4 is 0 Å². The van der Waals surface area contributed by atoms with Crippen molar-refractivity contribution in [1.82, 2.24) is 0 Å². The van der Waals surface area contributed by atoms with Crippen LogP contribution in [0.2, 0.25) is 0 Å². The lowest BCUT2D eigenvalue weighted by atomic mass is 9.69. The van der Waals surface area contributed by atoms with Crippen LogP contribution in [0.4, 0.5) is 0 Å². The normalized spacial score (nSPS) is 14.1. The molecule has 2 rings (SSSR count). The van der Waals surface area contributed by atoms with Gasteiger partial charge in [0.1, 0.15) is 0 Å². The molecule has 31 heavy (non-hydrogen) atoms. The third-order valence-corrected chi connectivity index (χ3v) is 6.71. The molecule has 0 spiro atoms. The van der Waals surface area contributed by atoms with Gasteiger partial charge < -0.3 is 0 Å². The SMILES string of the molecule is CC(C)(C)c1ccc(C(C)(C)c2ccc(C(C)(C)C)c(C(C)(C)C)c2)cc1C(C)(C)C. The van der Waals surface area contributed by atoms with E-state index >= 15 is 0 Å². The van der Waals surface area contributed by atoms with Gasteiger partial charge >= 0.3 is 0 Å². The Labute approximate surface area is 193 Å². The first-order chi connectivity index (χ1) is 13.7. The van der Waals surface area contributed by atoms with E-state index < -0.39 is 0 Å². The summed E-state index contributed by atoms with van der Waals surface area (Å²) in [7, 11) is 0. The zero-order valence-corrected chi connectivity index (χ0v) is 23.0. The fraction of sp³-hybridized carbons (Fsp3) is 0.613. The van der Waals surface area contributed by atoms with Crippen molar-refractivity contribution in [2.45, 2.75) is 124 Å². The third-order valence-electron chi connectivity index (χ3n) is 6.71. The molecule has 172 valence electrons. The van der Waals surface area contributed by atoms with Crippen molar-refractivity contribution in [3.8, 4) is 0 Å². The minimum absolute atomic E-state index is 0.0627. The van der Waals surface area contributed by atoms with E-state index in [0.717, 1.165) is 0 Å². The molecule has 0 unspecified atom stereocenters. The average Bonchev–Trinajstić information content (AvgIpc) is 2.57. The van der Waals surface area contributed by atoms with Gasteiger partial charge in [0.15, 0.2) is 0 Å². The second-order valence-corrected chi connectivity index (χ2v) is 14.1. The van der Waals surface area contributed by atoms with E-state index in [9.17, 15) is 0 Å². The molecule has 0 nitrogen and oxygen atoms in total. The maximum absolute atomic E-state index is 2.48. The lowest BCUT2D eigenvalue weighted by molar-refractivity contribution is 0.522. The molecule has 0 radical (unpaired) electrons. The monoisotopic (exact) mass is 420 g/mol. The molecule has 0 atom stereocenters. The molecule has 0 aliphatic heterocycles. The van der Waals surface area contributed by atoms with Crippen LogP contribution in [0.3, 0.4) is 0 Å². The molecule has 0 fully saturated rings. The maximum Gasteiger partial charge on any atom is 0.0146 e. The van der Waals surface area contributed by atoms with E-state index in [1.54, 1.807) is 0 Å². The summed E-state index contributed by atoms with van der Waals surface area (Å²) in [5.74, 6) is 0. The molecule has 0 amide bonds. The molecule has 2 aromatic carbocycles. The van der Waals surface area contributed by atoms with Crippen LogP contribution >= 0.6 is 0 Å². The Bertz CT molecular complexity index is 848. The smallest absolute Gasteiger partial charge is 0.0146 e. The molecule has 0 saturated heterocycles. The summed E-state index contributed by atoms with van der Waals surface area (Å²) in [6.45, 7) is 32.7. The Kier molecular flexibility index (Phi) is 6.46. The molecule has 0 heterocycles. The van der Waals surface area contributed by atoms with Gasteiger partial charge in [0.2, 0.25) is 0 Å². The highest BCUT2D eigenvalue weighted by Crippen LogP contribution is 2.41. The van der Waals surface area contributed by atoms with Crippen LogP contribution in [0, 0.1) is 0 Å². The van der Waals surface area contributed by atoms with Crippen LogP contribution in [0.5, 0.6) is 0 Å². The Balaban J connectivity index is 2.73. The van der Waals surface area contributed by atoms with E-state index in [1.165, 1.54) is 33.4 Å². The summed E-state index contributed by atoms with van der Waals surface area (Å²) in [5, 5.41) is 0. The van der Waals surface area contributed by atoms with Gasteiger partial charge in [-0.25, -0.2) is 0 Å².